The van der Waals surface area contributed by atoms with Crippen LogP contribution in [0.2, 0.25) is 0 Å². The van der Waals surface area contributed by atoms with Gasteiger partial charge in [0.25, 0.3) is 5.56 Å². The molecule has 0 aliphatic rings. The minimum absolute atomic E-state index is 0.0914. The summed E-state index contributed by atoms with van der Waals surface area (Å²) in [6.07, 6.45) is 0.608. The van der Waals surface area contributed by atoms with Gasteiger partial charge >= 0.3 is 5.69 Å². The molecule has 2 aromatic carbocycles. The lowest BCUT2D eigenvalue weighted by Gasteiger charge is -2.07. The average molecular weight is 388 g/mol. The molecule has 1 heterocycles. The topological polar surface area (TPSA) is 77.0 Å². The standard InChI is InChI=1S/C17H14BrN3O3/c18-15-16(22)19-17(23)21(20-15)11-10-12-6-8-14(9-7-12)24-13-4-2-1-3-5-13/h1-9H,10-11H2,(H,19,22,23). The largest absolute Gasteiger partial charge is 0.457 e. The van der Waals surface area contributed by atoms with E-state index in [-0.39, 0.29) is 4.60 Å². The number of benzene rings is 2. The molecule has 3 aromatic rings. The fourth-order valence-corrected chi connectivity index (χ4v) is 2.44. The molecule has 0 aliphatic carbocycles. The van der Waals surface area contributed by atoms with Gasteiger partial charge in [0.05, 0.1) is 6.54 Å². The monoisotopic (exact) mass is 387 g/mol. The molecular weight excluding hydrogens is 374 g/mol. The SMILES string of the molecule is O=c1[nH]c(=O)n(CCc2ccc(Oc3ccccc3)cc2)nc1Br. The number of ether oxygens (including phenoxy) is 1. The minimum atomic E-state index is -0.529. The molecule has 0 saturated heterocycles. The van der Waals surface area contributed by atoms with Gasteiger partial charge in [0.2, 0.25) is 0 Å². The second-order valence-electron chi connectivity index (χ2n) is 5.08. The van der Waals surface area contributed by atoms with Crippen LogP contribution in [0.5, 0.6) is 11.5 Å². The van der Waals surface area contributed by atoms with Crippen LogP contribution in [0.3, 0.4) is 0 Å². The van der Waals surface area contributed by atoms with Gasteiger partial charge in [0.15, 0.2) is 4.60 Å². The van der Waals surface area contributed by atoms with Gasteiger partial charge in [0.1, 0.15) is 11.5 Å². The van der Waals surface area contributed by atoms with E-state index in [4.69, 9.17) is 4.74 Å². The lowest BCUT2D eigenvalue weighted by atomic mass is 10.1. The van der Waals surface area contributed by atoms with E-state index in [2.05, 4.69) is 26.0 Å². The van der Waals surface area contributed by atoms with Crippen LogP contribution in [0.25, 0.3) is 0 Å². The second-order valence-corrected chi connectivity index (χ2v) is 5.83. The number of aryl methyl sites for hydroxylation is 2. The highest BCUT2D eigenvalue weighted by Gasteiger charge is 2.04. The number of aromatic nitrogens is 3. The van der Waals surface area contributed by atoms with Gasteiger partial charge in [-0.2, -0.15) is 5.10 Å². The number of hydrogen-bond acceptors (Lipinski definition) is 4. The highest BCUT2D eigenvalue weighted by molar-refractivity contribution is 9.10. The number of hydrogen-bond donors (Lipinski definition) is 1. The van der Waals surface area contributed by atoms with Crippen molar-refractivity contribution in [3.8, 4) is 11.5 Å². The number of aromatic amines is 1. The quantitative estimate of drug-likeness (QED) is 0.729. The Labute approximate surface area is 145 Å². The molecule has 0 radical (unpaired) electrons. The Morgan fingerprint density at radius 3 is 2.38 bits per heavy atom. The number of H-pyrrole nitrogens is 1. The van der Waals surface area contributed by atoms with E-state index in [9.17, 15) is 9.59 Å². The number of rotatable bonds is 5. The Balaban J connectivity index is 1.65. The molecule has 0 amide bonds. The molecule has 0 bridgehead atoms. The zero-order chi connectivity index (χ0) is 16.9. The normalized spacial score (nSPS) is 10.5. The van der Waals surface area contributed by atoms with Gasteiger partial charge in [-0.15, -0.1) is 0 Å². The fraction of sp³-hybridized carbons (Fsp3) is 0.118. The van der Waals surface area contributed by atoms with Crippen molar-refractivity contribution in [3.05, 3.63) is 85.6 Å². The molecule has 1 N–H and O–H groups in total. The molecule has 3 rings (SSSR count). The molecular formula is C17H14BrN3O3. The van der Waals surface area contributed by atoms with Gasteiger partial charge in [-0.1, -0.05) is 30.3 Å². The molecule has 0 atom stereocenters. The van der Waals surface area contributed by atoms with E-state index in [0.29, 0.717) is 13.0 Å². The van der Waals surface area contributed by atoms with E-state index in [1.54, 1.807) is 0 Å². The zero-order valence-electron chi connectivity index (χ0n) is 12.6. The van der Waals surface area contributed by atoms with Crippen LogP contribution in [0.15, 0.2) is 68.8 Å². The lowest BCUT2D eigenvalue weighted by molar-refractivity contribution is 0.482. The van der Waals surface area contributed by atoms with Crippen LogP contribution in [0, 0.1) is 0 Å². The molecule has 0 spiro atoms. The van der Waals surface area contributed by atoms with E-state index in [1.807, 2.05) is 54.6 Å². The van der Waals surface area contributed by atoms with Crippen LogP contribution in [0.1, 0.15) is 5.56 Å². The average Bonchev–Trinajstić information content (AvgIpc) is 2.59. The third-order valence-corrected chi connectivity index (χ3v) is 3.88. The van der Waals surface area contributed by atoms with Crippen molar-refractivity contribution in [1.29, 1.82) is 0 Å². The maximum atomic E-state index is 11.7. The first-order valence-corrected chi connectivity index (χ1v) is 8.10. The fourth-order valence-electron chi connectivity index (χ4n) is 2.15. The molecule has 0 fully saturated rings. The second kappa shape index (κ2) is 7.27. The third-order valence-electron chi connectivity index (χ3n) is 3.37. The van der Waals surface area contributed by atoms with Gasteiger partial charge in [-0.25, -0.2) is 9.48 Å². The van der Waals surface area contributed by atoms with E-state index in [1.165, 1.54) is 4.68 Å². The van der Waals surface area contributed by atoms with Crippen LogP contribution in [0.4, 0.5) is 0 Å². The van der Waals surface area contributed by atoms with Crippen LogP contribution in [-0.2, 0) is 13.0 Å². The predicted octanol–water partition coefficient (Wildman–Crippen LogP) is 2.73. The molecule has 0 aliphatic heterocycles. The predicted molar refractivity (Wildman–Crippen MR) is 93.5 cm³/mol. The number of nitrogens with one attached hydrogen (secondary N) is 1. The molecule has 7 heteroatoms. The Morgan fingerprint density at radius 1 is 1.00 bits per heavy atom. The van der Waals surface area contributed by atoms with E-state index < -0.39 is 11.2 Å². The Kier molecular flexibility index (Phi) is 4.90. The lowest BCUT2D eigenvalue weighted by Crippen LogP contribution is -2.33. The highest BCUT2D eigenvalue weighted by Crippen LogP contribution is 2.21. The van der Waals surface area contributed by atoms with Gasteiger partial charge in [-0.3, -0.25) is 9.78 Å². The van der Waals surface area contributed by atoms with Gasteiger partial charge in [0, 0.05) is 0 Å². The summed E-state index contributed by atoms with van der Waals surface area (Å²) >= 11 is 3.02. The van der Waals surface area contributed by atoms with Gasteiger partial charge < -0.3 is 4.74 Å². The first-order chi connectivity index (χ1) is 11.6. The number of nitrogens with zero attached hydrogens (tertiary/aromatic N) is 2. The Morgan fingerprint density at radius 2 is 1.67 bits per heavy atom. The summed E-state index contributed by atoms with van der Waals surface area (Å²) in [6, 6.07) is 17.2. The van der Waals surface area contributed by atoms with Crippen molar-refractivity contribution in [1.82, 2.24) is 14.8 Å². The summed E-state index contributed by atoms with van der Waals surface area (Å²) < 4.78 is 7.04. The van der Waals surface area contributed by atoms with Crippen LogP contribution in [-0.4, -0.2) is 14.8 Å². The Bertz CT molecular complexity index is 934. The van der Waals surface area contributed by atoms with Crippen molar-refractivity contribution >= 4 is 15.9 Å². The van der Waals surface area contributed by atoms with Gasteiger partial charge in [-0.05, 0) is 52.2 Å². The van der Waals surface area contributed by atoms with Crippen LogP contribution < -0.4 is 16.0 Å². The highest BCUT2D eigenvalue weighted by atomic mass is 79.9. The summed E-state index contributed by atoms with van der Waals surface area (Å²) in [4.78, 5) is 25.1. The summed E-state index contributed by atoms with van der Waals surface area (Å²) in [5, 5.41) is 3.91. The third kappa shape index (κ3) is 3.99. The van der Waals surface area contributed by atoms with Crippen molar-refractivity contribution in [3.63, 3.8) is 0 Å². The molecule has 1 aromatic heterocycles. The van der Waals surface area contributed by atoms with Crippen molar-refractivity contribution in [2.45, 2.75) is 13.0 Å². The summed E-state index contributed by atoms with van der Waals surface area (Å²) in [7, 11) is 0. The molecule has 6 nitrogen and oxygen atoms in total. The number of para-hydroxylation sites is 1. The van der Waals surface area contributed by atoms with E-state index in [0.717, 1.165) is 17.1 Å². The smallest absolute Gasteiger partial charge is 0.344 e. The van der Waals surface area contributed by atoms with Crippen molar-refractivity contribution in [2.24, 2.45) is 0 Å². The Hall–Kier alpha value is -2.67. The minimum Gasteiger partial charge on any atom is -0.457 e. The summed E-state index contributed by atoms with van der Waals surface area (Å²) in [5.41, 5.74) is -0.0164. The number of halogens is 1. The van der Waals surface area contributed by atoms with Crippen molar-refractivity contribution < 1.29 is 4.74 Å². The first kappa shape index (κ1) is 16.2. The zero-order valence-corrected chi connectivity index (χ0v) is 14.2. The first-order valence-electron chi connectivity index (χ1n) is 7.30. The van der Waals surface area contributed by atoms with E-state index >= 15 is 0 Å². The molecule has 24 heavy (non-hydrogen) atoms. The molecule has 122 valence electrons. The van der Waals surface area contributed by atoms with Crippen LogP contribution >= 0.6 is 15.9 Å². The maximum absolute atomic E-state index is 11.7. The summed E-state index contributed by atoms with van der Waals surface area (Å²) in [5.74, 6) is 1.52. The molecule has 0 unspecified atom stereocenters. The maximum Gasteiger partial charge on any atom is 0.344 e. The van der Waals surface area contributed by atoms with Crippen molar-refractivity contribution in [2.75, 3.05) is 0 Å². The molecule has 0 saturated carbocycles. The summed E-state index contributed by atoms with van der Waals surface area (Å²) in [6.45, 7) is 0.368.